The predicted molar refractivity (Wildman–Crippen MR) is 39.2 cm³/mol. The van der Waals surface area contributed by atoms with Gasteiger partial charge < -0.3 is 9.52 Å². The van der Waals surface area contributed by atoms with Gasteiger partial charge in [0.05, 0.1) is 0 Å². The van der Waals surface area contributed by atoms with Crippen LogP contribution in [0, 0.1) is 13.8 Å². The maximum absolute atomic E-state index is 9.26. The zero-order valence-corrected chi connectivity index (χ0v) is 6.56. The van der Waals surface area contributed by atoms with E-state index in [0.717, 1.165) is 17.7 Å². The summed E-state index contributed by atoms with van der Waals surface area (Å²) in [5, 5.41) is 9.26. The average molecular weight is 140 g/mol. The summed E-state index contributed by atoms with van der Waals surface area (Å²) in [6, 6.07) is 0. The maximum atomic E-state index is 9.26. The fraction of sp³-hybridized carbons (Fsp3) is 0.500. The average Bonchev–Trinajstić information content (AvgIpc) is 2.17. The highest BCUT2D eigenvalue weighted by atomic mass is 16.4. The molecule has 56 valence electrons. The Hall–Kier alpha value is -0.920. The van der Waals surface area contributed by atoms with Crippen LogP contribution in [-0.4, -0.2) is 5.11 Å². The summed E-state index contributed by atoms with van der Waals surface area (Å²) in [6.07, 6.45) is 0.841. The van der Waals surface area contributed by atoms with Crippen LogP contribution in [0.2, 0.25) is 0 Å². The van der Waals surface area contributed by atoms with Crippen LogP contribution in [0.3, 0.4) is 0 Å². The monoisotopic (exact) mass is 140 g/mol. The Morgan fingerprint density at radius 1 is 1.40 bits per heavy atom. The quantitative estimate of drug-likeness (QED) is 0.648. The number of rotatable bonds is 1. The molecule has 0 unspecified atom stereocenters. The predicted octanol–water partition coefficient (Wildman–Crippen LogP) is 2.16. The van der Waals surface area contributed by atoms with Gasteiger partial charge in [-0.2, -0.15) is 0 Å². The van der Waals surface area contributed by atoms with E-state index in [-0.39, 0.29) is 0 Å². The first-order valence-electron chi connectivity index (χ1n) is 3.44. The molecule has 0 aliphatic carbocycles. The van der Waals surface area contributed by atoms with Crippen LogP contribution < -0.4 is 0 Å². The van der Waals surface area contributed by atoms with E-state index in [1.165, 1.54) is 0 Å². The van der Waals surface area contributed by atoms with Crippen molar-refractivity contribution < 1.29 is 9.52 Å². The molecule has 0 atom stereocenters. The van der Waals surface area contributed by atoms with Gasteiger partial charge >= 0.3 is 0 Å². The third kappa shape index (κ3) is 0.897. The normalized spacial score (nSPS) is 10.3. The van der Waals surface area contributed by atoms with Crippen molar-refractivity contribution in [2.75, 3.05) is 0 Å². The summed E-state index contributed by atoms with van der Waals surface area (Å²) in [5.41, 5.74) is 0.875. The number of furan rings is 1. The van der Waals surface area contributed by atoms with Crippen molar-refractivity contribution in [3.63, 3.8) is 0 Å². The molecule has 2 heteroatoms. The van der Waals surface area contributed by atoms with Crippen molar-refractivity contribution in [2.24, 2.45) is 0 Å². The van der Waals surface area contributed by atoms with Crippen LogP contribution in [0.4, 0.5) is 0 Å². The van der Waals surface area contributed by atoms with Gasteiger partial charge in [-0.25, -0.2) is 0 Å². The first kappa shape index (κ1) is 7.19. The van der Waals surface area contributed by atoms with Crippen LogP contribution in [-0.2, 0) is 6.42 Å². The lowest BCUT2D eigenvalue weighted by atomic mass is 10.2. The smallest absolute Gasteiger partial charge is 0.159 e. The van der Waals surface area contributed by atoms with Crippen molar-refractivity contribution in [3.05, 3.63) is 17.1 Å². The molecular formula is C8H12O2. The Bertz CT molecular complexity index is 236. The molecule has 0 aliphatic heterocycles. The number of hydrogen-bond donors (Lipinski definition) is 1. The minimum absolute atomic E-state index is 0.303. The van der Waals surface area contributed by atoms with Gasteiger partial charge in [0, 0.05) is 12.0 Å². The van der Waals surface area contributed by atoms with E-state index < -0.39 is 0 Å². The van der Waals surface area contributed by atoms with Gasteiger partial charge in [0.1, 0.15) is 11.5 Å². The van der Waals surface area contributed by atoms with E-state index in [0.29, 0.717) is 11.5 Å². The van der Waals surface area contributed by atoms with E-state index in [9.17, 15) is 5.11 Å². The molecule has 1 rings (SSSR count). The molecule has 10 heavy (non-hydrogen) atoms. The zero-order chi connectivity index (χ0) is 7.72. The van der Waals surface area contributed by atoms with E-state index in [1.807, 2.05) is 13.8 Å². The minimum atomic E-state index is 0.303. The molecule has 0 saturated carbocycles. The van der Waals surface area contributed by atoms with Gasteiger partial charge in [-0.3, -0.25) is 0 Å². The number of aryl methyl sites for hydroxylation is 2. The molecule has 0 spiro atoms. The molecule has 0 saturated heterocycles. The van der Waals surface area contributed by atoms with E-state index in [1.54, 1.807) is 6.92 Å². The number of aromatic hydroxyl groups is 1. The zero-order valence-electron chi connectivity index (χ0n) is 6.56. The van der Waals surface area contributed by atoms with Crippen molar-refractivity contribution in [3.8, 4) is 5.75 Å². The summed E-state index contributed by atoms with van der Waals surface area (Å²) in [7, 11) is 0. The molecular weight excluding hydrogens is 128 g/mol. The highest BCUT2D eigenvalue weighted by molar-refractivity contribution is 5.36. The standard InChI is InChI=1S/C8H12O2/c1-4-7-5(2)8(9)6(3)10-7/h9H,4H2,1-3H3. The molecule has 1 aromatic heterocycles. The number of hydrogen-bond acceptors (Lipinski definition) is 2. The van der Waals surface area contributed by atoms with Crippen LogP contribution >= 0.6 is 0 Å². The SMILES string of the molecule is CCc1oc(C)c(O)c1C. The van der Waals surface area contributed by atoms with Gasteiger partial charge in [-0.1, -0.05) is 6.92 Å². The highest BCUT2D eigenvalue weighted by Crippen LogP contribution is 2.27. The molecule has 1 N–H and O–H groups in total. The fourth-order valence-corrected chi connectivity index (χ4v) is 1.04. The molecule has 0 fully saturated rings. The van der Waals surface area contributed by atoms with E-state index >= 15 is 0 Å². The van der Waals surface area contributed by atoms with Gasteiger partial charge in [-0.05, 0) is 13.8 Å². The second-order valence-electron chi connectivity index (χ2n) is 2.41. The first-order chi connectivity index (χ1) is 4.66. The van der Waals surface area contributed by atoms with Gasteiger partial charge in [0.2, 0.25) is 0 Å². The van der Waals surface area contributed by atoms with Crippen LogP contribution in [0.25, 0.3) is 0 Å². The molecule has 0 aliphatic rings. The summed E-state index contributed by atoms with van der Waals surface area (Å²) in [4.78, 5) is 0. The summed E-state index contributed by atoms with van der Waals surface area (Å²) >= 11 is 0. The highest BCUT2D eigenvalue weighted by Gasteiger charge is 2.09. The lowest BCUT2D eigenvalue weighted by molar-refractivity contribution is 0.433. The Kier molecular flexibility index (Phi) is 1.70. The van der Waals surface area contributed by atoms with Gasteiger partial charge in [-0.15, -0.1) is 0 Å². The topological polar surface area (TPSA) is 33.4 Å². The third-order valence-electron chi connectivity index (χ3n) is 1.70. The largest absolute Gasteiger partial charge is 0.504 e. The summed E-state index contributed by atoms with van der Waals surface area (Å²) in [5.74, 6) is 1.81. The van der Waals surface area contributed by atoms with E-state index in [4.69, 9.17) is 4.42 Å². The van der Waals surface area contributed by atoms with Crippen LogP contribution in [0.15, 0.2) is 4.42 Å². The van der Waals surface area contributed by atoms with Crippen LogP contribution in [0.5, 0.6) is 5.75 Å². The van der Waals surface area contributed by atoms with Gasteiger partial charge in [0.15, 0.2) is 5.75 Å². The Morgan fingerprint density at radius 2 is 2.00 bits per heavy atom. The Balaban J connectivity index is 3.17. The lowest BCUT2D eigenvalue weighted by Gasteiger charge is -1.88. The first-order valence-corrected chi connectivity index (χ1v) is 3.44. The minimum Gasteiger partial charge on any atom is -0.504 e. The third-order valence-corrected chi connectivity index (χ3v) is 1.70. The van der Waals surface area contributed by atoms with Crippen molar-refractivity contribution >= 4 is 0 Å². The van der Waals surface area contributed by atoms with Crippen molar-refractivity contribution in [2.45, 2.75) is 27.2 Å². The lowest BCUT2D eigenvalue weighted by Crippen LogP contribution is -1.76. The molecule has 0 amide bonds. The maximum Gasteiger partial charge on any atom is 0.159 e. The second-order valence-corrected chi connectivity index (χ2v) is 2.41. The molecule has 2 nitrogen and oxygen atoms in total. The molecule has 1 aromatic rings. The van der Waals surface area contributed by atoms with Crippen LogP contribution in [0.1, 0.15) is 24.0 Å². The fourth-order valence-electron chi connectivity index (χ4n) is 1.04. The second kappa shape index (κ2) is 2.37. The van der Waals surface area contributed by atoms with Crippen molar-refractivity contribution in [1.82, 2.24) is 0 Å². The summed E-state index contributed by atoms with van der Waals surface area (Å²) in [6.45, 7) is 5.64. The van der Waals surface area contributed by atoms with Gasteiger partial charge in [0.25, 0.3) is 0 Å². The van der Waals surface area contributed by atoms with E-state index in [2.05, 4.69) is 0 Å². The van der Waals surface area contributed by atoms with Crippen molar-refractivity contribution in [1.29, 1.82) is 0 Å². The Morgan fingerprint density at radius 3 is 2.20 bits per heavy atom. The molecule has 0 bridgehead atoms. The molecule has 1 heterocycles. The molecule has 0 radical (unpaired) electrons. The Labute approximate surface area is 60.5 Å². The summed E-state index contributed by atoms with van der Waals surface area (Å²) < 4.78 is 5.24. The molecule has 0 aromatic carbocycles.